The van der Waals surface area contributed by atoms with E-state index in [1.165, 1.54) is 12.1 Å². The number of hydrogen-bond acceptors (Lipinski definition) is 5. The largest absolute Gasteiger partial charge is 0.384 e. The van der Waals surface area contributed by atoms with Gasteiger partial charge < -0.3 is 20.9 Å². The zero-order valence-corrected chi connectivity index (χ0v) is 17.8. The van der Waals surface area contributed by atoms with Gasteiger partial charge in [0.1, 0.15) is 0 Å². The van der Waals surface area contributed by atoms with Crippen LogP contribution in [0.4, 0.5) is 11.4 Å². The van der Waals surface area contributed by atoms with Crippen LogP contribution in [0.3, 0.4) is 0 Å². The Morgan fingerprint density at radius 1 is 1.06 bits per heavy atom. The average Bonchev–Trinajstić information content (AvgIpc) is 3.21. The zero-order chi connectivity index (χ0) is 21.2. The Labute approximate surface area is 182 Å². The SMILES string of the molecule is NCCNc1ccc(-c2cc3c(N4CCN(C(=O)C5CCC5)CC4)ccnn3c2)cc1. The van der Waals surface area contributed by atoms with Crippen molar-refractivity contribution in [2.45, 2.75) is 19.3 Å². The number of rotatable bonds is 6. The summed E-state index contributed by atoms with van der Waals surface area (Å²) in [6.07, 6.45) is 7.28. The van der Waals surface area contributed by atoms with E-state index in [2.05, 4.69) is 62.8 Å². The molecule has 0 radical (unpaired) electrons. The monoisotopic (exact) mass is 418 g/mol. The molecule has 162 valence electrons. The fourth-order valence-electron chi connectivity index (χ4n) is 4.50. The topological polar surface area (TPSA) is 78.9 Å². The van der Waals surface area contributed by atoms with E-state index >= 15 is 0 Å². The predicted molar refractivity (Wildman–Crippen MR) is 124 cm³/mol. The second kappa shape index (κ2) is 8.59. The van der Waals surface area contributed by atoms with Gasteiger partial charge in [0.25, 0.3) is 0 Å². The van der Waals surface area contributed by atoms with Crippen LogP contribution in [0.15, 0.2) is 48.8 Å². The lowest BCUT2D eigenvalue weighted by Crippen LogP contribution is -2.51. The molecule has 1 saturated carbocycles. The molecule has 1 aromatic carbocycles. The maximum atomic E-state index is 12.6. The van der Waals surface area contributed by atoms with Gasteiger partial charge in [0.05, 0.1) is 11.2 Å². The van der Waals surface area contributed by atoms with Gasteiger partial charge in [-0.3, -0.25) is 4.79 Å². The fourth-order valence-corrected chi connectivity index (χ4v) is 4.50. The summed E-state index contributed by atoms with van der Waals surface area (Å²) < 4.78 is 1.96. The summed E-state index contributed by atoms with van der Waals surface area (Å²) in [5.41, 5.74) is 11.2. The number of nitrogens with zero attached hydrogens (tertiary/aromatic N) is 4. The predicted octanol–water partition coefficient (Wildman–Crippen LogP) is 2.82. The molecular weight excluding hydrogens is 388 g/mol. The highest BCUT2D eigenvalue weighted by Crippen LogP contribution is 2.31. The molecule has 5 rings (SSSR count). The molecule has 2 aliphatic rings. The highest BCUT2D eigenvalue weighted by molar-refractivity contribution is 5.82. The van der Waals surface area contributed by atoms with Crippen molar-refractivity contribution < 1.29 is 4.79 Å². The molecule has 1 amide bonds. The first-order chi connectivity index (χ1) is 15.2. The van der Waals surface area contributed by atoms with Crippen molar-refractivity contribution in [3.8, 4) is 11.1 Å². The van der Waals surface area contributed by atoms with Crippen molar-refractivity contribution in [1.82, 2.24) is 14.5 Å². The van der Waals surface area contributed by atoms with Crippen LogP contribution in [0.25, 0.3) is 16.6 Å². The molecule has 7 heteroatoms. The summed E-state index contributed by atoms with van der Waals surface area (Å²) in [4.78, 5) is 17.0. The number of fused-ring (bicyclic) bond motifs is 1. The van der Waals surface area contributed by atoms with E-state index in [9.17, 15) is 4.79 Å². The summed E-state index contributed by atoms with van der Waals surface area (Å²) >= 11 is 0. The summed E-state index contributed by atoms with van der Waals surface area (Å²) in [6, 6.07) is 12.7. The molecule has 3 heterocycles. The van der Waals surface area contributed by atoms with E-state index < -0.39 is 0 Å². The Hall–Kier alpha value is -3.06. The van der Waals surface area contributed by atoms with Gasteiger partial charge in [0, 0.05) is 68.8 Å². The van der Waals surface area contributed by atoms with Crippen molar-refractivity contribution in [2.75, 3.05) is 49.5 Å². The lowest BCUT2D eigenvalue weighted by molar-refractivity contribution is -0.138. The standard InChI is InChI=1S/C24H30N6O/c25-9-11-26-21-6-4-18(5-7-21)20-16-23-22(8-10-27-30(23)17-20)28-12-14-29(15-13-28)24(31)19-2-1-3-19/h4-8,10,16-17,19,26H,1-3,9,11-15,25H2. The fraction of sp³-hybridized carbons (Fsp3) is 0.417. The Balaban J connectivity index is 1.32. The summed E-state index contributed by atoms with van der Waals surface area (Å²) in [5.74, 6) is 0.643. The Kier molecular flexibility index (Phi) is 5.51. The Morgan fingerprint density at radius 2 is 1.84 bits per heavy atom. The first-order valence-corrected chi connectivity index (χ1v) is 11.3. The molecule has 2 aromatic heterocycles. The quantitative estimate of drug-likeness (QED) is 0.644. The van der Waals surface area contributed by atoms with Crippen LogP contribution in [0, 0.1) is 5.92 Å². The number of nitrogens with two attached hydrogens (primary N) is 1. The van der Waals surface area contributed by atoms with E-state index in [0.29, 0.717) is 12.5 Å². The average molecular weight is 419 g/mol. The third-order valence-electron chi connectivity index (χ3n) is 6.56. The molecule has 1 aliphatic heterocycles. The molecule has 1 saturated heterocycles. The van der Waals surface area contributed by atoms with Crippen LogP contribution in [-0.2, 0) is 4.79 Å². The van der Waals surface area contributed by atoms with Gasteiger partial charge >= 0.3 is 0 Å². The van der Waals surface area contributed by atoms with E-state index in [-0.39, 0.29) is 5.92 Å². The summed E-state index contributed by atoms with van der Waals surface area (Å²) in [6.45, 7) is 4.70. The molecule has 0 unspecified atom stereocenters. The van der Waals surface area contributed by atoms with Gasteiger partial charge in [-0.1, -0.05) is 18.6 Å². The Morgan fingerprint density at radius 3 is 2.52 bits per heavy atom. The highest BCUT2D eigenvalue weighted by Gasteiger charge is 2.31. The minimum absolute atomic E-state index is 0.282. The number of benzene rings is 1. The molecule has 3 aromatic rings. The molecule has 7 nitrogen and oxygen atoms in total. The summed E-state index contributed by atoms with van der Waals surface area (Å²) in [7, 11) is 0. The number of amides is 1. The number of anilines is 2. The normalized spacial score (nSPS) is 17.1. The third-order valence-corrected chi connectivity index (χ3v) is 6.56. The minimum Gasteiger partial charge on any atom is -0.384 e. The van der Waals surface area contributed by atoms with E-state index in [0.717, 1.165) is 67.9 Å². The van der Waals surface area contributed by atoms with Gasteiger partial charge in [-0.15, -0.1) is 0 Å². The lowest BCUT2D eigenvalue weighted by atomic mass is 9.84. The van der Waals surface area contributed by atoms with Gasteiger partial charge in [-0.05, 0) is 42.7 Å². The number of piperazine rings is 1. The van der Waals surface area contributed by atoms with Crippen LogP contribution in [-0.4, -0.2) is 59.7 Å². The molecular formula is C24H30N6O. The van der Waals surface area contributed by atoms with Crippen molar-refractivity contribution in [1.29, 1.82) is 0 Å². The maximum Gasteiger partial charge on any atom is 0.225 e. The molecule has 31 heavy (non-hydrogen) atoms. The number of hydrogen-bond donors (Lipinski definition) is 2. The molecule has 0 spiro atoms. The zero-order valence-electron chi connectivity index (χ0n) is 17.8. The van der Waals surface area contributed by atoms with Gasteiger partial charge in [-0.2, -0.15) is 5.10 Å². The smallest absolute Gasteiger partial charge is 0.225 e. The maximum absolute atomic E-state index is 12.6. The Bertz CT molecular complexity index is 1050. The first-order valence-electron chi connectivity index (χ1n) is 11.3. The minimum atomic E-state index is 0.282. The molecule has 0 bridgehead atoms. The second-order valence-corrected chi connectivity index (χ2v) is 8.51. The summed E-state index contributed by atoms with van der Waals surface area (Å²) in [5, 5.41) is 7.83. The van der Waals surface area contributed by atoms with E-state index in [4.69, 9.17) is 5.73 Å². The second-order valence-electron chi connectivity index (χ2n) is 8.51. The van der Waals surface area contributed by atoms with Crippen LogP contribution >= 0.6 is 0 Å². The number of aromatic nitrogens is 2. The first kappa shape index (κ1) is 19.9. The number of nitrogens with one attached hydrogen (secondary N) is 1. The van der Waals surface area contributed by atoms with Crippen molar-refractivity contribution >= 4 is 22.8 Å². The van der Waals surface area contributed by atoms with Gasteiger partial charge in [-0.25, -0.2) is 4.52 Å². The molecule has 3 N–H and O–H groups in total. The van der Waals surface area contributed by atoms with Crippen molar-refractivity contribution in [3.05, 3.63) is 48.8 Å². The molecule has 1 aliphatic carbocycles. The third kappa shape index (κ3) is 3.97. The van der Waals surface area contributed by atoms with E-state index in [1.54, 1.807) is 0 Å². The van der Waals surface area contributed by atoms with Gasteiger partial charge in [0.15, 0.2) is 0 Å². The number of carbonyl (C=O) groups is 1. The molecule has 2 fully saturated rings. The lowest BCUT2D eigenvalue weighted by Gasteiger charge is -2.39. The van der Waals surface area contributed by atoms with Crippen LogP contribution < -0.4 is 16.0 Å². The van der Waals surface area contributed by atoms with E-state index in [1.807, 2.05) is 10.7 Å². The van der Waals surface area contributed by atoms with Crippen molar-refractivity contribution in [3.63, 3.8) is 0 Å². The van der Waals surface area contributed by atoms with Gasteiger partial charge in [0.2, 0.25) is 5.91 Å². The highest BCUT2D eigenvalue weighted by atomic mass is 16.2. The van der Waals surface area contributed by atoms with Crippen molar-refractivity contribution in [2.24, 2.45) is 11.7 Å². The van der Waals surface area contributed by atoms with Crippen LogP contribution in [0.5, 0.6) is 0 Å². The number of carbonyl (C=O) groups excluding carboxylic acids is 1. The van der Waals surface area contributed by atoms with Crippen LogP contribution in [0.2, 0.25) is 0 Å². The molecule has 0 atom stereocenters. The van der Waals surface area contributed by atoms with Crippen LogP contribution in [0.1, 0.15) is 19.3 Å².